The molecule has 1 unspecified atom stereocenters. The van der Waals surface area contributed by atoms with E-state index in [1.165, 1.54) is 16.0 Å². The topological polar surface area (TPSA) is 81.6 Å². The summed E-state index contributed by atoms with van der Waals surface area (Å²) < 4.78 is 4.08. The molecule has 0 saturated carbocycles. The Morgan fingerprint density at radius 2 is 2.18 bits per heavy atom. The second-order valence-corrected chi connectivity index (χ2v) is 9.44. The van der Waals surface area contributed by atoms with E-state index in [1.54, 1.807) is 12.4 Å². The van der Waals surface area contributed by atoms with E-state index in [0.717, 1.165) is 48.2 Å². The van der Waals surface area contributed by atoms with Crippen molar-refractivity contribution in [1.82, 2.24) is 24.8 Å². The number of hydrogen-bond acceptors (Lipinski definition) is 5. The quantitative estimate of drug-likeness (QED) is 0.241. The number of thioether (sulfide) groups is 1. The summed E-state index contributed by atoms with van der Waals surface area (Å²) in [6, 6.07) is 10.4. The van der Waals surface area contributed by atoms with Gasteiger partial charge in [-0.3, -0.25) is 15.2 Å². The van der Waals surface area contributed by atoms with Crippen LogP contribution < -0.4 is 9.98 Å². The highest BCUT2D eigenvalue weighted by Gasteiger charge is 2.33. The van der Waals surface area contributed by atoms with E-state index >= 15 is 0 Å². The largest absolute Gasteiger partial charge is 0.340 e. The predicted molar refractivity (Wildman–Crippen MR) is 134 cm³/mol. The lowest BCUT2D eigenvalue weighted by atomic mass is 9.97. The van der Waals surface area contributed by atoms with Crippen LogP contribution in [0.4, 0.5) is 0 Å². The number of piperazine rings is 1. The number of guanidine groups is 1. The molecule has 0 aliphatic carbocycles. The fourth-order valence-corrected chi connectivity index (χ4v) is 5.74. The molecule has 1 aromatic heterocycles. The van der Waals surface area contributed by atoms with Gasteiger partial charge in [0.15, 0.2) is 6.19 Å². The molecule has 3 aliphatic heterocycles. The molecule has 2 aromatic rings. The van der Waals surface area contributed by atoms with Gasteiger partial charge in [-0.25, -0.2) is 4.99 Å². The second-order valence-electron chi connectivity index (χ2n) is 7.99. The minimum absolute atomic E-state index is 0.0744. The monoisotopic (exact) mass is 476 g/mol. The Morgan fingerprint density at radius 1 is 1.30 bits per heavy atom. The molecule has 9 heteroatoms. The number of hydrogen-bond donors (Lipinski definition) is 1. The SMILES string of the molecule is N#CNC(=NCC1=CC=[N+]=C1)N1CCN(C2c3ccc(Cl)cc3SCc3cccnc32)CC1. The van der Waals surface area contributed by atoms with Gasteiger partial charge in [0, 0.05) is 54.1 Å². The van der Waals surface area contributed by atoms with Gasteiger partial charge in [0.2, 0.25) is 5.96 Å². The second kappa shape index (κ2) is 9.82. The molecule has 7 nitrogen and oxygen atoms in total. The molecule has 0 amide bonds. The molecule has 0 spiro atoms. The summed E-state index contributed by atoms with van der Waals surface area (Å²) in [7, 11) is 0. The van der Waals surface area contributed by atoms with Crippen molar-refractivity contribution in [2.45, 2.75) is 16.7 Å². The minimum Gasteiger partial charge on any atom is -0.340 e. The molecule has 5 rings (SSSR count). The number of pyridine rings is 1. The van der Waals surface area contributed by atoms with Gasteiger partial charge >= 0.3 is 0 Å². The standard InChI is InChI=1S/C24H23ClN7S/c25-19-3-4-20-21(12-19)33-15-18-2-1-6-28-22(18)23(20)31-8-10-32(11-9-31)24(30-16-26)29-14-17-5-7-27-13-17/h1-7,12-13,23H,8-11,14-15H2,(H,29,30)/q+1. The van der Waals surface area contributed by atoms with Crippen molar-refractivity contribution < 1.29 is 0 Å². The Labute approximate surface area is 202 Å². The molecular weight excluding hydrogens is 454 g/mol. The van der Waals surface area contributed by atoms with E-state index in [0.29, 0.717) is 12.5 Å². The Morgan fingerprint density at radius 3 is 2.97 bits per heavy atom. The molecule has 1 aromatic carbocycles. The van der Waals surface area contributed by atoms with Crippen molar-refractivity contribution in [3.63, 3.8) is 0 Å². The van der Waals surface area contributed by atoms with Gasteiger partial charge < -0.3 is 4.90 Å². The highest BCUT2D eigenvalue weighted by molar-refractivity contribution is 7.98. The molecule has 33 heavy (non-hydrogen) atoms. The van der Waals surface area contributed by atoms with Crippen molar-refractivity contribution in [3.8, 4) is 6.19 Å². The van der Waals surface area contributed by atoms with Crippen LogP contribution in [0.3, 0.4) is 0 Å². The maximum absolute atomic E-state index is 9.24. The molecule has 166 valence electrons. The number of nitrogens with one attached hydrogen (secondary N) is 1. The van der Waals surface area contributed by atoms with Crippen LogP contribution in [0.5, 0.6) is 0 Å². The first-order valence-electron chi connectivity index (χ1n) is 10.8. The van der Waals surface area contributed by atoms with E-state index in [9.17, 15) is 5.26 Å². The summed E-state index contributed by atoms with van der Waals surface area (Å²) in [6.07, 6.45) is 9.40. The normalized spacial score (nSPS) is 20.0. The van der Waals surface area contributed by atoms with Crippen molar-refractivity contribution in [3.05, 3.63) is 70.0 Å². The smallest absolute Gasteiger partial charge is 0.297 e. The van der Waals surface area contributed by atoms with E-state index in [-0.39, 0.29) is 6.04 Å². The van der Waals surface area contributed by atoms with Gasteiger partial charge in [0.25, 0.3) is 12.4 Å². The summed E-state index contributed by atoms with van der Waals surface area (Å²) in [5.41, 5.74) is 4.66. The van der Waals surface area contributed by atoms with Crippen molar-refractivity contribution in [2.24, 2.45) is 4.99 Å². The maximum atomic E-state index is 9.24. The van der Waals surface area contributed by atoms with Crippen LogP contribution in [0.1, 0.15) is 22.9 Å². The Balaban J connectivity index is 1.38. The molecule has 1 fully saturated rings. The van der Waals surface area contributed by atoms with Crippen molar-refractivity contribution >= 4 is 41.8 Å². The van der Waals surface area contributed by atoms with Crippen LogP contribution in [-0.2, 0) is 5.75 Å². The lowest BCUT2D eigenvalue weighted by Crippen LogP contribution is -2.52. The van der Waals surface area contributed by atoms with Gasteiger partial charge in [0.1, 0.15) is 0 Å². The summed E-state index contributed by atoms with van der Waals surface area (Å²) in [5.74, 6) is 1.49. The van der Waals surface area contributed by atoms with Crippen LogP contribution >= 0.6 is 23.4 Å². The van der Waals surface area contributed by atoms with Crippen LogP contribution in [0, 0.1) is 11.5 Å². The molecule has 1 atom stereocenters. The average Bonchev–Trinajstić information content (AvgIpc) is 3.31. The molecule has 1 N–H and O–H groups in total. The third-order valence-electron chi connectivity index (χ3n) is 6.01. The first kappa shape index (κ1) is 21.7. The van der Waals surface area contributed by atoms with Gasteiger partial charge in [-0.15, -0.1) is 16.4 Å². The third kappa shape index (κ3) is 4.68. The molecule has 3 aliphatic rings. The third-order valence-corrected chi connectivity index (χ3v) is 7.37. The van der Waals surface area contributed by atoms with E-state index in [2.05, 4.69) is 43.0 Å². The number of allylic oxidation sites excluding steroid dienone is 1. The van der Waals surface area contributed by atoms with Crippen molar-refractivity contribution in [2.75, 3.05) is 32.7 Å². The van der Waals surface area contributed by atoms with Gasteiger partial charge in [-0.2, -0.15) is 5.26 Å². The Bertz CT molecular complexity index is 1220. The summed E-state index contributed by atoms with van der Waals surface area (Å²) in [6.45, 7) is 3.69. The van der Waals surface area contributed by atoms with Crippen molar-refractivity contribution in [1.29, 1.82) is 5.26 Å². The highest BCUT2D eigenvalue weighted by atomic mass is 35.5. The van der Waals surface area contributed by atoms with Crippen LogP contribution in [0.2, 0.25) is 5.02 Å². The fourth-order valence-electron chi connectivity index (χ4n) is 4.39. The minimum atomic E-state index is 0.0744. The number of halogens is 1. The summed E-state index contributed by atoms with van der Waals surface area (Å²) >= 11 is 8.15. The number of nitrogens with zero attached hydrogens (tertiary/aromatic N) is 6. The molecule has 0 radical (unpaired) electrons. The Hall–Kier alpha value is -3.08. The zero-order chi connectivity index (χ0) is 22.6. The van der Waals surface area contributed by atoms with Gasteiger partial charge in [-0.05, 0) is 29.3 Å². The first-order valence-corrected chi connectivity index (χ1v) is 12.2. The number of benzene rings is 1. The first-order chi connectivity index (χ1) is 16.2. The highest BCUT2D eigenvalue weighted by Crippen LogP contribution is 2.42. The lowest BCUT2D eigenvalue weighted by molar-refractivity contribution is 0.145. The number of nitriles is 1. The summed E-state index contributed by atoms with van der Waals surface area (Å²) in [4.78, 5) is 15.3. The summed E-state index contributed by atoms with van der Waals surface area (Å²) in [5, 5.41) is 12.8. The zero-order valence-electron chi connectivity index (χ0n) is 18.0. The van der Waals surface area contributed by atoms with E-state index in [4.69, 9.17) is 16.6 Å². The predicted octanol–water partition coefficient (Wildman–Crippen LogP) is 2.62. The van der Waals surface area contributed by atoms with E-state index in [1.807, 2.05) is 42.4 Å². The zero-order valence-corrected chi connectivity index (χ0v) is 19.6. The molecular formula is C24H23ClN7S+. The van der Waals surface area contributed by atoms with Gasteiger partial charge in [-0.1, -0.05) is 23.7 Å². The van der Waals surface area contributed by atoms with Crippen LogP contribution in [-0.4, -0.2) is 65.9 Å². The average molecular weight is 477 g/mol. The number of aliphatic imine (C=N–C) groups is 1. The molecule has 4 heterocycles. The van der Waals surface area contributed by atoms with Crippen LogP contribution in [0.25, 0.3) is 0 Å². The number of aromatic nitrogens is 1. The number of rotatable bonds is 3. The molecule has 1 saturated heterocycles. The van der Waals surface area contributed by atoms with Gasteiger partial charge in [0.05, 0.1) is 23.9 Å². The lowest BCUT2D eigenvalue weighted by Gasteiger charge is -2.40. The fraction of sp³-hybridized carbons (Fsp3) is 0.292. The molecule has 0 bridgehead atoms. The number of fused-ring (bicyclic) bond motifs is 2. The van der Waals surface area contributed by atoms with E-state index < -0.39 is 0 Å². The van der Waals surface area contributed by atoms with Crippen LogP contribution in [0.15, 0.2) is 58.1 Å². The Kier molecular flexibility index (Phi) is 6.47. The maximum Gasteiger partial charge on any atom is 0.297 e.